The molecule has 0 saturated heterocycles. The molecule has 6 heteroatoms. The number of halogens is 2. The average molecular weight is 300 g/mol. The quantitative estimate of drug-likeness (QED) is 0.943. The Labute approximate surface area is 106 Å². The van der Waals surface area contributed by atoms with Crippen LogP contribution in [-0.2, 0) is 6.54 Å². The fourth-order valence-electron chi connectivity index (χ4n) is 1.33. The fourth-order valence-corrected chi connectivity index (χ4v) is 1.67. The molecule has 0 bridgehead atoms. The lowest BCUT2D eigenvalue weighted by atomic mass is 10.2. The topological polar surface area (TPSA) is 51.0 Å². The van der Waals surface area contributed by atoms with Crippen LogP contribution in [0.25, 0.3) is 11.5 Å². The summed E-state index contributed by atoms with van der Waals surface area (Å²) in [4.78, 5) is 4.11. The summed E-state index contributed by atoms with van der Waals surface area (Å²) < 4.78 is 19.3. The second kappa shape index (κ2) is 5.37. The van der Waals surface area contributed by atoms with E-state index in [2.05, 4.69) is 31.4 Å². The number of hydrogen-bond donors (Lipinski definition) is 1. The van der Waals surface area contributed by atoms with Gasteiger partial charge >= 0.3 is 0 Å². The highest BCUT2D eigenvalue weighted by molar-refractivity contribution is 9.10. The van der Waals surface area contributed by atoms with Gasteiger partial charge in [-0.1, -0.05) is 28.0 Å². The highest BCUT2D eigenvalue weighted by Crippen LogP contribution is 2.23. The van der Waals surface area contributed by atoms with Crippen LogP contribution in [-0.4, -0.2) is 16.7 Å². The predicted molar refractivity (Wildman–Crippen MR) is 64.8 cm³/mol. The van der Waals surface area contributed by atoms with Gasteiger partial charge in [0.15, 0.2) is 5.82 Å². The van der Waals surface area contributed by atoms with Gasteiger partial charge in [0, 0.05) is 4.47 Å². The van der Waals surface area contributed by atoms with E-state index in [4.69, 9.17) is 4.52 Å². The van der Waals surface area contributed by atoms with Gasteiger partial charge in [0.2, 0.25) is 0 Å². The molecule has 0 aliphatic carbocycles. The first-order valence-corrected chi connectivity index (χ1v) is 5.98. The van der Waals surface area contributed by atoms with Gasteiger partial charge in [0.05, 0.1) is 12.1 Å². The van der Waals surface area contributed by atoms with Gasteiger partial charge < -0.3 is 9.84 Å². The SMILES string of the molecule is CCNCc1noc(-c2ccc(Br)cc2F)n1. The average Bonchev–Trinajstić information content (AvgIpc) is 2.75. The molecule has 0 unspecified atom stereocenters. The van der Waals surface area contributed by atoms with Crippen molar-refractivity contribution in [1.29, 1.82) is 0 Å². The molecule has 4 nitrogen and oxygen atoms in total. The third kappa shape index (κ3) is 2.89. The fraction of sp³-hybridized carbons (Fsp3) is 0.273. The number of hydrogen-bond acceptors (Lipinski definition) is 4. The van der Waals surface area contributed by atoms with Crippen LogP contribution in [0.1, 0.15) is 12.7 Å². The van der Waals surface area contributed by atoms with Crippen LogP contribution in [0.4, 0.5) is 4.39 Å². The van der Waals surface area contributed by atoms with E-state index in [9.17, 15) is 4.39 Å². The van der Waals surface area contributed by atoms with E-state index in [0.29, 0.717) is 22.4 Å². The molecule has 1 aromatic heterocycles. The van der Waals surface area contributed by atoms with Crippen molar-refractivity contribution < 1.29 is 8.91 Å². The van der Waals surface area contributed by atoms with Gasteiger partial charge in [-0.15, -0.1) is 0 Å². The van der Waals surface area contributed by atoms with Crippen LogP contribution in [0.5, 0.6) is 0 Å². The van der Waals surface area contributed by atoms with E-state index in [1.165, 1.54) is 6.07 Å². The molecule has 0 saturated carbocycles. The van der Waals surface area contributed by atoms with Crippen LogP contribution in [0, 0.1) is 5.82 Å². The van der Waals surface area contributed by atoms with E-state index >= 15 is 0 Å². The maximum absolute atomic E-state index is 13.6. The minimum atomic E-state index is -0.391. The Morgan fingerprint density at radius 3 is 3.00 bits per heavy atom. The first kappa shape index (κ1) is 12.2. The van der Waals surface area contributed by atoms with Gasteiger partial charge in [0.1, 0.15) is 5.82 Å². The highest BCUT2D eigenvalue weighted by atomic mass is 79.9. The molecule has 2 rings (SSSR count). The Kier molecular flexibility index (Phi) is 3.86. The van der Waals surface area contributed by atoms with Crippen molar-refractivity contribution in [3.8, 4) is 11.5 Å². The molecule has 1 N–H and O–H groups in total. The summed E-state index contributed by atoms with van der Waals surface area (Å²) >= 11 is 3.19. The zero-order valence-corrected chi connectivity index (χ0v) is 10.8. The summed E-state index contributed by atoms with van der Waals surface area (Å²) in [5, 5.41) is 6.83. The monoisotopic (exact) mass is 299 g/mol. The molecule has 1 heterocycles. The van der Waals surface area contributed by atoms with E-state index in [1.807, 2.05) is 6.92 Å². The van der Waals surface area contributed by atoms with Crippen molar-refractivity contribution in [2.24, 2.45) is 0 Å². The lowest BCUT2D eigenvalue weighted by Crippen LogP contribution is -2.12. The van der Waals surface area contributed by atoms with Crippen LogP contribution >= 0.6 is 15.9 Å². The lowest BCUT2D eigenvalue weighted by molar-refractivity contribution is 0.417. The molecule has 0 amide bonds. The van der Waals surface area contributed by atoms with E-state index in [0.717, 1.165) is 6.54 Å². The molecule has 0 aliphatic rings. The molecule has 0 spiro atoms. The van der Waals surface area contributed by atoms with E-state index < -0.39 is 5.82 Å². The zero-order valence-electron chi connectivity index (χ0n) is 9.20. The molecule has 0 aliphatic heterocycles. The molecule has 2 aromatic rings. The third-order valence-electron chi connectivity index (χ3n) is 2.16. The minimum absolute atomic E-state index is 0.197. The molecule has 90 valence electrons. The number of nitrogens with zero attached hydrogens (tertiary/aromatic N) is 2. The van der Waals surface area contributed by atoms with Crippen molar-refractivity contribution in [1.82, 2.24) is 15.5 Å². The Morgan fingerprint density at radius 2 is 2.29 bits per heavy atom. The zero-order chi connectivity index (χ0) is 12.3. The first-order valence-electron chi connectivity index (χ1n) is 5.19. The van der Waals surface area contributed by atoms with Crippen molar-refractivity contribution in [2.75, 3.05) is 6.54 Å². The third-order valence-corrected chi connectivity index (χ3v) is 2.66. The molecule has 0 atom stereocenters. The Morgan fingerprint density at radius 1 is 1.47 bits per heavy atom. The van der Waals surface area contributed by atoms with Crippen molar-refractivity contribution in [3.05, 3.63) is 34.3 Å². The number of aromatic nitrogens is 2. The Balaban J connectivity index is 2.24. The van der Waals surface area contributed by atoms with Gasteiger partial charge in [-0.2, -0.15) is 4.98 Å². The van der Waals surface area contributed by atoms with Crippen molar-refractivity contribution >= 4 is 15.9 Å². The lowest BCUT2D eigenvalue weighted by Gasteiger charge is -1.97. The van der Waals surface area contributed by atoms with Crippen molar-refractivity contribution in [3.63, 3.8) is 0 Å². The van der Waals surface area contributed by atoms with Gasteiger partial charge in [-0.05, 0) is 24.7 Å². The van der Waals surface area contributed by atoms with Gasteiger partial charge in [0.25, 0.3) is 5.89 Å². The summed E-state index contributed by atoms with van der Waals surface area (Å²) in [7, 11) is 0. The number of nitrogens with one attached hydrogen (secondary N) is 1. The summed E-state index contributed by atoms with van der Waals surface area (Å²) in [6.45, 7) is 3.31. The second-order valence-corrected chi connectivity index (χ2v) is 4.34. The summed E-state index contributed by atoms with van der Waals surface area (Å²) in [5.74, 6) is 0.324. The molecular weight excluding hydrogens is 289 g/mol. The van der Waals surface area contributed by atoms with E-state index in [1.54, 1.807) is 12.1 Å². The van der Waals surface area contributed by atoms with Crippen LogP contribution in [0.15, 0.2) is 27.2 Å². The Bertz CT molecular complexity index is 515. The predicted octanol–water partition coefficient (Wildman–Crippen LogP) is 2.75. The van der Waals surface area contributed by atoms with Gasteiger partial charge in [-0.3, -0.25) is 0 Å². The van der Waals surface area contributed by atoms with E-state index in [-0.39, 0.29) is 5.89 Å². The number of benzene rings is 1. The van der Waals surface area contributed by atoms with Crippen LogP contribution in [0.2, 0.25) is 0 Å². The normalized spacial score (nSPS) is 10.8. The molecule has 1 aromatic carbocycles. The highest BCUT2D eigenvalue weighted by Gasteiger charge is 2.13. The standard InChI is InChI=1S/C11H11BrFN3O/c1-2-14-6-10-15-11(17-16-10)8-4-3-7(12)5-9(8)13/h3-5,14H,2,6H2,1H3. The number of rotatable bonds is 4. The summed E-state index contributed by atoms with van der Waals surface area (Å²) in [6, 6.07) is 4.69. The Hall–Kier alpha value is -1.27. The van der Waals surface area contributed by atoms with Crippen LogP contribution in [0.3, 0.4) is 0 Å². The molecule has 17 heavy (non-hydrogen) atoms. The maximum atomic E-state index is 13.6. The summed E-state index contributed by atoms with van der Waals surface area (Å²) in [5.41, 5.74) is 0.309. The molecular formula is C11H11BrFN3O. The molecule has 0 fully saturated rings. The molecule has 0 radical (unpaired) electrons. The first-order chi connectivity index (χ1) is 8.20. The largest absolute Gasteiger partial charge is 0.334 e. The minimum Gasteiger partial charge on any atom is -0.334 e. The van der Waals surface area contributed by atoms with Crippen LogP contribution < -0.4 is 5.32 Å². The van der Waals surface area contributed by atoms with Crippen molar-refractivity contribution in [2.45, 2.75) is 13.5 Å². The van der Waals surface area contributed by atoms with Gasteiger partial charge in [-0.25, -0.2) is 4.39 Å². The summed E-state index contributed by atoms with van der Waals surface area (Å²) in [6.07, 6.45) is 0. The maximum Gasteiger partial charge on any atom is 0.260 e. The smallest absolute Gasteiger partial charge is 0.260 e. The second-order valence-electron chi connectivity index (χ2n) is 3.42.